The van der Waals surface area contributed by atoms with Crippen molar-refractivity contribution in [1.82, 2.24) is 15.5 Å². The second-order valence-corrected chi connectivity index (χ2v) is 7.28. The maximum Gasteiger partial charge on any atom is 0.191 e. The lowest BCUT2D eigenvalue weighted by atomic mass is 10.1. The van der Waals surface area contributed by atoms with E-state index in [-0.39, 0.29) is 24.0 Å². The summed E-state index contributed by atoms with van der Waals surface area (Å²) < 4.78 is 11.3. The fraction of sp³-hybridized carbons (Fsp3) is 0.667. The summed E-state index contributed by atoms with van der Waals surface area (Å²) in [5, 5.41) is 6.85. The van der Waals surface area contributed by atoms with Crippen LogP contribution in [0.4, 0.5) is 0 Å². The molecule has 1 aromatic rings. The Kier molecular flexibility index (Phi) is 12.5. The highest BCUT2D eigenvalue weighted by molar-refractivity contribution is 14.0. The summed E-state index contributed by atoms with van der Waals surface area (Å²) in [6.45, 7) is 13.7. The van der Waals surface area contributed by atoms with Crippen molar-refractivity contribution in [2.75, 3.05) is 53.0 Å². The molecule has 1 heterocycles. The highest BCUT2D eigenvalue weighted by Gasteiger charge is 2.14. The number of morpholine rings is 1. The number of aryl methyl sites for hydroxylation is 1. The zero-order valence-corrected chi connectivity index (χ0v) is 20.1. The monoisotopic (exact) mass is 504 g/mol. The third-order valence-corrected chi connectivity index (χ3v) is 4.65. The van der Waals surface area contributed by atoms with Crippen molar-refractivity contribution in [2.45, 2.75) is 33.7 Å². The quantitative estimate of drug-likeness (QED) is 0.308. The van der Waals surface area contributed by atoms with Crippen LogP contribution in [-0.2, 0) is 11.3 Å². The van der Waals surface area contributed by atoms with E-state index < -0.39 is 0 Å². The van der Waals surface area contributed by atoms with Crippen LogP contribution in [0.5, 0.6) is 5.75 Å². The van der Waals surface area contributed by atoms with Gasteiger partial charge in [0.15, 0.2) is 5.96 Å². The van der Waals surface area contributed by atoms with Gasteiger partial charge in [-0.2, -0.15) is 0 Å². The largest absolute Gasteiger partial charge is 0.493 e. The number of nitrogens with zero attached hydrogens (tertiary/aromatic N) is 2. The zero-order chi connectivity index (χ0) is 19.5. The molecule has 7 heteroatoms. The summed E-state index contributed by atoms with van der Waals surface area (Å²) in [5.41, 5.74) is 2.36. The zero-order valence-electron chi connectivity index (χ0n) is 17.8. The summed E-state index contributed by atoms with van der Waals surface area (Å²) >= 11 is 0. The van der Waals surface area contributed by atoms with Crippen molar-refractivity contribution in [3.8, 4) is 5.75 Å². The van der Waals surface area contributed by atoms with Crippen molar-refractivity contribution >= 4 is 29.9 Å². The molecule has 0 aliphatic carbocycles. The Balaban J connectivity index is 0.00000392. The van der Waals surface area contributed by atoms with Gasteiger partial charge in [0.2, 0.25) is 0 Å². The van der Waals surface area contributed by atoms with Gasteiger partial charge in [0.25, 0.3) is 0 Å². The number of rotatable bonds is 9. The summed E-state index contributed by atoms with van der Waals surface area (Å²) in [6.07, 6.45) is 1.01. The van der Waals surface area contributed by atoms with Crippen molar-refractivity contribution < 1.29 is 9.47 Å². The molecule has 0 bridgehead atoms. The Bertz CT molecular complexity index is 592. The number of halogens is 1. The van der Waals surface area contributed by atoms with Gasteiger partial charge in [0, 0.05) is 45.3 Å². The minimum atomic E-state index is 0. The van der Waals surface area contributed by atoms with Crippen LogP contribution in [-0.4, -0.2) is 63.9 Å². The standard InChI is InChI=1S/C21H36N4O2.HI/c1-5-10-27-20-13-17(2)6-7-19(20)15-24-21(22-4)23-14-18(3)16-25-8-11-26-12-9-25;/h6-7,13,18H,5,8-12,14-16H2,1-4H3,(H2,22,23,24);1H. The molecule has 2 N–H and O–H groups in total. The second-order valence-electron chi connectivity index (χ2n) is 7.28. The smallest absolute Gasteiger partial charge is 0.191 e. The van der Waals surface area contributed by atoms with Crippen LogP contribution in [0.15, 0.2) is 23.2 Å². The first-order valence-electron chi connectivity index (χ1n) is 10.1. The highest BCUT2D eigenvalue weighted by Crippen LogP contribution is 2.20. The molecule has 0 saturated carbocycles. The van der Waals surface area contributed by atoms with Gasteiger partial charge in [0.1, 0.15) is 5.75 Å². The fourth-order valence-electron chi connectivity index (χ4n) is 3.11. The lowest BCUT2D eigenvalue weighted by Gasteiger charge is -2.29. The molecular weight excluding hydrogens is 467 g/mol. The Morgan fingerprint density at radius 2 is 2.04 bits per heavy atom. The third-order valence-electron chi connectivity index (χ3n) is 4.65. The molecule has 1 atom stereocenters. The lowest BCUT2D eigenvalue weighted by Crippen LogP contribution is -2.43. The number of ether oxygens (including phenoxy) is 2. The molecule has 2 rings (SSSR count). The van der Waals surface area contributed by atoms with E-state index in [1.807, 2.05) is 7.05 Å². The van der Waals surface area contributed by atoms with E-state index in [1.54, 1.807) is 0 Å². The first-order chi connectivity index (χ1) is 13.1. The highest BCUT2D eigenvalue weighted by atomic mass is 127. The number of hydrogen-bond donors (Lipinski definition) is 2. The Morgan fingerprint density at radius 1 is 1.29 bits per heavy atom. The van der Waals surface area contributed by atoms with Gasteiger partial charge in [-0.15, -0.1) is 24.0 Å². The van der Waals surface area contributed by atoms with Crippen LogP contribution in [0, 0.1) is 12.8 Å². The molecule has 1 aliphatic rings. The summed E-state index contributed by atoms with van der Waals surface area (Å²) in [5.74, 6) is 2.33. The number of nitrogens with one attached hydrogen (secondary N) is 2. The van der Waals surface area contributed by atoms with Gasteiger partial charge in [0.05, 0.1) is 19.8 Å². The molecule has 0 amide bonds. The minimum absolute atomic E-state index is 0. The summed E-state index contributed by atoms with van der Waals surface area (Å²) in [6, 6.07) is 6.35. The maximum absolute atomic E-state index is 5.90. The van der Waals surface area contributed by atoms with E-state index >= 15 is 0 Å². The number of benzene rings is 1. The molecule has 6 nitrogen and oxygen atoms in total. The lowest BCUT2D eigenvalue weighted by molar-refractivity contribution is 0.0320. The van der Waals surface area contributed by atoms with Crippen molar-refractivity contribution in [3.05, 3.63) is 29.3 Å². The van der Waals surface area contributed by atoms with Crippen LogP contribution < -0.4 is 15.4 Å². The first-order valence-corrected chi connectivity index (χ1v) is 10.1. The Morgan fingerprint density at radius 3 is 2.71 bits per heavy atom. The second kappa shape index (κ2) is 14.0. The van der Waals surface area contributed by atoms with Crippen LogP contribution in [0.3, 0.4) is 0 Å². The van der Waals surface area contributed by atoms with Crippen LogP contribution >= 0.6 is 24.0 Å². The van der Waals surface area contributed by atoms with E-state index in [9.17, 15) is 0 Å². The van der Waals surface area contributed by atoms with E-state index in [2.05, 4.69) is 59.5 Å². The molecule has 1 unspecified atom stereocenters. The van der Waals surface area contributed by atoms with Gasteiger partial charge in [-0.1, -0.05) is 26.0 Å². The minimum Gasteiger partial charge on any atom is -0.493 e. The van der Waals surface area contributed by atoms with Crippen molar-refractivity contribution in [2.24, 2.45) is 10.9 Å². The Labute approximate surface area is 187 Å². The van der Waals surface area contributed by atoms with E-state index in [0.29, 0.717) is 12.5 Å². The van der Waals surface area contributed by atoms with Crippen molar-refractivity contribution in [3.63, 3.8) is 0 Å². The number of guanidine groups is 1. The van der Waals surface area contributed by atoms with Gasteiger partial charge in [-0.25, -0.2) is 0 Å². The van der Waals surface area contributed by atoms with E-state index in [0.717, 1.165) is 69.7 Å². The van der Waals surface area contributed by atoms with E-state index in [4.69, 9.17) is 9.47 Å². The van der Waals surface area contributed by atoms with Gasteiger partial charge >= 0.3 is 0 Å². The third kappa shape index (κ3) is 8.96. The molecule has 0 spiro atoms. The van der Waals surface area contributed by atoms with Gasteiger partial charge < -0.3 is 20.1 Å². The van der Waals surface area contributed by atoms with Crippen LogP contribution in [0.1, 0.15) is 31.4 Å². The average molecular weight is 504 g/mol. The van der Waals surface area contributed by atoms with Crippen LogP contribution in [0.25, 0.3) is 0 Å². The molecule has 160 valence electrons. The predicted octanol–water partition coefficient (Wildman–Crippen LogP) is 3.04. The molecule has 1 aromatic carbocycles. The average Bonchev–Trinajstić information content (AvgIpc) is 2.68. The maximum atomic E-state index is 5.90. The fourth-order valence-corrected chi connectivity index (χ4v) is 3.11. The molecular formula is C21H37IN4O2. The molecule has 0 radical (unpaired) electrons. The van der Waals surface area contributed by atoms with Crippen LogP contribution in [0.2, 0.25) is 0 Å². The summed E-state index contributed by atoms with van der Waals surface area (Å²) in [4.78, 5) is 6.82. The number of hydrogen-bond acceptors (Lipinski definition) is 4. The first kappa shape index (κ1) is 25.0. The molecule has 0 aromatic heterocycles. The number of aliphatic imine (C=N–C) groups is 1. The molecule has 1 aliphatic heterocycles. The van der Waals surface area contributed by atoms with Gasteiger partial charge in [-0.05, 0) is 30.9 Å². The molecule has 1 fully saturated rings. The Hall–Kier alpha value is -1.06. The normalized spacial score (nSPS) is 16.2. The topological polar surface area (TPSA) is 58.1 Å². The molecule has 28 heavy (non-hydrogen) atoms. The van der Waals surface area contributed by atoms with Crippen molar-refractivity contribution in [1.29, 1.82) is 0 Å². The van der Waals surface area contributed by atoms with E-state index in [1.165, 1.54) is 5.56 Å². The SMILES string of the molecule is CCCOc1cc(C)ccc1CNC(=NC)NCC(C)CN1CCOCC1.I. The van der Waals surface area contributed by atoms with Gasteiger partial charge in [-0.3, -0.25) is 9.89 Å². The molecule has 1 saturated heterocycles. The summed E-state index contributed by atoms with van der Waals surface area (Å²) in [7, 11) is 1.81. The predicted molar refractivity (Wildman–Crippen MR) is 127 cm³/mol.